The van der Waals surface area contributed by atoms with Gasteiger partial charge in [0, 0.05) is 24.3 Å². The Hall–Kier alpha value is -3.86. The van der Waals surface area contributed by atoms with Gasteiger partial charge in [-0.2, -0.15) is 18.3 Å². The number of benzene rings is 2. The van der Waals surface area contributed by atoms with Gasteiger partial charge in [-0.25, -0.2) is 14.3 Å². The normalized spacial score (nSPS) is 12.3. The van der Waals surface area contributed by atoms with Crippen LogP contribution in [0.1, 0.15) is 35.3 Å². The summed E-state index contributed by atoms with van der Waals surface area (Å²) in [5, 5.41) is 15.3. The van der Waals surface area contributed by atoms with Crippen LogP contribution in [0.15, 0.2) is 53.5 Å². The van der Waals surface area contributed by atoms with Gasteiger partial charge >= 0.3 is 17.8 Å². The Morgan fingerprint density at radius 2 is 1.74 bits per heavy atom. The number of hydrogen-bond acceptors (Lipinski definition) is 4. The van der Waals surface area contributed by atoms with E-state index in [0.29, 0.717) is 0 Å². The van der Waals surface area contributed by atoms with Gasteiger partial charge in [-0.15, -0.1) is 0 Å². The standard InChI is InChI=1S/C21H23N5O.C2HF3O2/c1-13-4-7-18(8-5-13)26-12-17(15(3)25-26)11-22-14(2)16-6-9-19-20(10-16)24-21(27)23-19;3-2(4,5)1(6)7/h4-10,12,14,22H,11H2,1-3H3,(H2,23,24,27);(H,6,7). The molecule has 0 aliphatic carbocycles. The number of nitrogens with zero attached hydrogens (tertiary/aromatic N) is 2. The van der Waals surface area contributed by atoms with Crippen molar-refractivity contribution in [3.8, 4) is 5.69 Å². The van der Waals surface area contributed by atoms with E-state index in [2.05, 4.69) is 64.7 Å². The van der Waals surface area contributed by atoms with Crippen LogP contribution in [-0.4, -0.2) is 37.0 Å². The van der Waals surface area contributed by atoms with Gasteiger partial charge in [-0.1, -0.05) is 23.8 Å². The first-order valence-corrected chi connectivity index (χ1v) is 10.3. The van der Waals surface area contributed by atoms with Gasteiger partial charge in [0.2, 0.25) is 0 Å². The summed E-state index contributed by atoms with van der Waals surface area (Å²) >= 11 is 0. The lowest BCUT2D eigenvalue weighted by Crippen LogP contribution is -2.21. The van der Waals surface area contributed by atoms with Crippen molar-refractivity contribution in [1.29, 1.82) is 0 Å². The largest absolute Gasteiger partial charge is 0.490 e. The predicted molar refractivity (Wildman–Crippen MR) is 121 cm³/mol. The number of carboxylic acid groups (broad SMARTS) is 1. The van der Waals surface area contributed by atoms with Crippen molar-refractivity contribution in [2.45, 2.75) is 39.5 Å². The molecule has 0 fully saturated rings. The summed E-state index contributed by atoms with van der Waals surface area (Å²) < 4.78 is 33.7. The summed E-state index contributed by atoms with van der Waals surface area (Å²) in [4.78, 5) is 25.9. The first-order chi connectivity index (χ1) is 15.9. The fourth-order valence-electron chi connectivity index (χ4n) is 3.20. The van der Waals surface area contributed by atoms with Crippen LogP contribution in [0.2, 0.25) is 0 Å². The van der Waals surface area contributed by atoms with Crippen molar-refractivity contribution in [2.75, 3.05) is 0 Å². The molecule has 0 radical (unpaired) electrons. The molecule has 1 atom stereocenters. The molecule has 0 aliphatic heterocycles. The highest BCUT2D eigenvalue weighted by atomic mass is 19.4. The fourth-order valence-corrected chi connectivity index (χ4v) is 3.20. The van der Waals surface area contributed by atoms with Crippen LogP contribution in [0.3, 0.4) is 0 Å². The summed E-state index contributed by atoms with van der Waals surface area (Å²) in [7, 11) is 0. The maximum absolute atomic E-state index is 11.4. The van der Waals surface area contributed by atoms with Gasteiger partial charge in [0.15, 0.2) is 0 Å². The van der Waals surface area contributed by atoms with Crippen LogP contribution in [0, 0.1) is 13.8 Å². The number of carbonyl (C=O) groups is 1. The SMILES string of the molecule is Cc1ccc(-n2cc(CNC(C)c3ccc4[nH]c(=O)[nH]c4c3)c(C)n2)cc1.O=C(O)C(F)(F)F. The molecule has 0 bridgehead atoms. The van der Waals surface area contributed by atoms with Crippen LogP contribution in [0.4, 0.5) is 13.2 Å². The highest BCUT2D eigenvalue weighted by Crippen LogP contribution is 2.19. The summed E-state index contributed by atoms with van der Waals surface area (Å²) in [5.74, 6) is -2.76. The molecule has 0 saturated heterocycles. The summed E-state index contributed by atoms with van der Waals surface area (Å²) in [6, 6.07) is 14.5. The Morgan fingerprint density at radius 3 is 2.35 bits per heavy atom. The number of aliphatic carboxylic acids is 1. The minimum atomic E-state index is -5.08. The minimum Gasteiger partial charge on any atom is -0.475 e. The van der Waals surface area contributed by atoms with E-state index in [4.69, 9.17) is 9.90 Å². The molecule has 0 spiro atoms. The van der Waals surface area contributed by atoms with Crippen LogP contribution in [0.5, 0.6) is 0 Å². The Kier molecular flexibility index (Phi) is 7.26. The second-order valence-electron chi connectivity index (χ2n) is 7.81. The van der Waals surface area contributed by atoms with Crippen molar-refractivity contribution in [3.05, 3.63) is 81.5 Å². The lowest BCUT2D eigenvalue weighted by Gasteiger charge is -2.14. The van der Waals surface area contributed by atoms with Gasteiger partial charge in [-0.3, -0.25) is 0 Å². The number of aromatic amines is 2. The van der Waals surface area contributed by atoms with Crippen LogP contribution in [0.25, 0.3) is 16.7 Å². The lowest BCUT2D eigenvalue weighted by molar-refractivity contribution is -0.192. The van der Waals surface area contributed by atoms with Crippen LogP contribution in [-0.2, 0) is 11.3 Å². The summed E-state index contributed by atoms with van der Waals surface area (Å²) in [5.41, 5.74) is 7.08. The molecule has 0 aliphatic rings. The highest BCUT2D eigenvalue weighted by Gasteiger charge is 2.38. The molecule has 1 unspecified atom stereocenters. The van der Waals surface area contributed by atoms with Crippen molar-refractivity contribution in [3.63, 3.8) is 0 Å². The number of fused-ring (bicyclic) bond motifs is 1. The third-order valence-corrected chi connectivity index (χ3v) is 5.18. The molecule has 4 aromatic rings. The number of rotatable bonds is 5. The van der Waals surface area contributed by atoms with E-state index < -0.39 is 12.1 Å². The first kappa shape index (κ1) is 24.8. The lowest BCUT2D eigenvalue weighted by atomic mass is 10.1. The van der Waals surface area contributed by atoms with E-state index in [1.54, 1.807) is 0 Å². The molecule has 2 heterocycles. The molecule has 180 valence electrons. The molecule has 11 heteroatoms. The van der Waals surface area contributed by atoms with E-state index in [0.717, 1.165) is 34.5 Å². The molecular weight excluding hydrogens is 451 g/mol. The zero-order valence-corrected chi connectivity index (χ0v) is 18.7. The monoisotopic (exact) mass is 475 g/mol. The molecule has 4 rings (SSSR count). The zero-order valence-electron chi connectivity index (χ0n) is 18.7. The number of hydrogen-bond donors (Lipinski definition) is 4. The number of imidazole rings is 1. The topological polar surface area (TPSA) is 116 Å². The number of halogens is 3. The van der Waals surface area contributed by atoms with Gasteiger partial charge in [0.1, 0.15) is 0 Å². The fraction of sp³-hybridized carbons (Fsp3) is 0.261. The molecule has 8 nitrogen and oxygen atoms in total. The number of aryl methyl sites for hydroxylation is 2. The Bertz CT molecular complexity index is 1340. The van der Waals surface area contributed by atoms with Crippen molar-refractivity contribution < 1.29 is 23.1 Å². The molecule has 0 saturated carbocycles. The maximum Gasteiger partial charge on any atom is 0.490 e. The molecule has 2 aromatic heterocycles. The Morgan fingerprint density at radius 1 is 1.12 bits per heavy atom. The third kappa shape index (κ3) is 6.13. The second kappa shape index (κ2) is 9.96. The molecule has 0 amide bonds. The quantitative estimate of drug-likeness (QED) is 0.346. The number of aromatic nitrogens is 4. The average Bonchev–Trinajstić information content (AvgIpc) is 3.33. The highest BCUT2D eigenvalue weighted by molar-refractivity contribution is 5.75. The molecule has 4 N–H and O–H groups in total. The van der Waals surface area contributed by atoms with E-state index in [1.165, 1.54) is 11.1 Å². The molecule has 2 aromatic carbocycles. The number of alkyl halides is 3. The van der Waals surface area contributed by atoms with Gasteiger partial charge < -0.3 is 20.4 Å². The van der Waals surface area contributed by atoms with Gasteiger partial charge in [-0.05, 0) is 50.6 Å². The molecule has 34 heavy (non-hydrogen) atoms. The van der Waals surface area contributed by atoms with E-state index in [1.807, 2.05) is 29.8 Å². The molecular formula is C23H24F3N5O3. The Balaban J connectivity index is 0.000000406. The first-order valence-electron chi connectivity index (χ1n) is 10.3. The van der Waals surface area contributed by atoms with Crippen molar-refractivity contribution in [2.24, 2.45) is 0 Å². The van der Waals surface area contributed by atoms with Crippen molar-refractivity contribution in [1.82, 2.24) is 25.1 Å². The van der Waals surface area contributed by atoms with E-state index in [9.17, 15) is 18.0 Å². The van der Waals surface area contributed by atoms with E-state index in [-0.39, 0.29) is 11.7 Å². The predicted octanol–water partition coefficient (Wildman–Crippen LogP) is 4.14. The maximum atomic E-state index is 11.4. The number of nitrogens with one attached hydrogen (secondary N) is 3. The van der Waals surface area contributed by atoms with Crippen LogP contribution < -0.4 is 11.0 Å². The third-order valence-electron chi connectivity index (χ3n) is 5.18. The zero-order chi connectivity index (χ0) is 25.0. The van der Waals surface area contributed by atoms with Gasteiger partial charge in [0.25, 0.3) is 0 Å². The smallest absolute Gasteiger partial charge is 0.475 e. The van der Waals surface area contributed by atoms with Crippen molar-refractivity contribution >= 4 is 17.0 Å². The number of H-pyrrole nitrogens is 2. The number of carboxylic acids is 1. The van der Waals surface area contributed by atoms with Crippen LogP contribution >= 0.6 is 0 Å². The Labute approximate surface area is 192 Å². The summed E-state index contributed by atoms with van der Waals surface area (Å²) in [6.45, 7) is 6.95. The van der Waals surface area contributed by atoms with E-state index >= 15 is 0 Å². The summed E-state index contributed by atoms with van der Waals surface area (Å²) in [6.07, 6.45) is -3.01. The van der Waals surface area contributed by atoms with Gasteiger partial charge in [0.05, 0.1) is 22.4 Å². The second-order valence-corrected chi connectivity index (χ2v) is 7.81. The minimum absolute atomic E-state index is 0.148. The average molecular weight is 475 g/mol.